The van der Waals surface area contributed by atoms with E-state index in [9.17, 15) is 5.26 Å². The number of aryl methyl sites for hydroxylation is 2. The molecule has 0 saturated carbocycles. The summed E-state index contributed by atoms with van der Waals surface area (Å²) in [5.41, 5.74) is 4.73. The molecule has 0 unspecified atom stereocenters. The highest BCUT2D eigenvalue weighted by Crippen LogP contribution is 2.40. The fourth-order valence-electron chi connectivity index (χ4n) is 2.60. The van der Waals surface area contributed by atoms with Crippen molar-refractivity contribution in [1.29, 1.82) is 5.26 Å². The Labute approximate surface area is 186 Å². The Morgan fingerprint density at radius 1 is 1.23 bits per heavy atom. The minimum absolute atomic E-state index is 0.352. The Morgan fingerprint density at radius 2 is 1.93 bits per heavy atom. The predicted octanol–water partition coefficient (Wildman–Crippen LogP) is 6.74. The highest BCUT2D eigenvalue weighted by molar-refractivity contribution is 7.08. The van der Waals surface area contributed by atoms with Crippen molar-refractivity contribution in [2.45, 2.75) is 33.7 Å². The highest BCUT2D eigenvalue weighted by atomic mass is 35.5. The van der Waals surface area contributed by atoms with Crippen molar-refractivity contribution >= 4 is 35.2 Å². The zero-order chi connectivity index (χ0) is 21.8. The van der Waals surface area contributed by atoms with Gasteiger partial charge in [-0.25, -0.2) is 4.99 Å². The van der Waals surface area contributed by atoms with Crippen LogP contribution in [-0.4, -0.2) is 28.7 Å². The first-order valence-corrected chi connectivity index (χ1v) is 10.7. The fraction of sp³-hybridized carbons (Fsp3) is 0.261. The maximum absolute atomic E-state index is 9.70. The maximum Gasteiger partial charge on any atom is 0.218 e. The van der Waals surface area contributed by atoms with Crippen molar-refractivity contribution in [2.24, 2.45) is 4.99 Å². The molecule has 0 aliphatic carbocycles. The molecule has 154 valence electrons. The van der Waals surface area contributed by atoms with E-state index in [4.69, 9.17) is 16.3 Å². The normalized spacial score (nSPS) is 11.1. The van der Waals surface area contributed by atoms with Crippen molar-refractivity contribution in [3.8, 4) is 28.1 Å². The second-order valence-electron chi connectivity index (χ2n) is 7.35. The van der Waals surface area contributed by atoms with E-state index in [0.717, 1.165) is 33.9 Å². The van der Waals surface area contributed by atoms with E-state index in [1.807, 2.05) is 56.1 Å². The van der Waals surface area contributed by atoms with Gasteiger partial charge in [-0.2, -0.15) is 9.64 Å². The van der Waals surface area contributed by atoms with Crippen LogP contribution in [-0.2, 0) is 0 Å². The Kier molecular flexibility index (Phi) is 6.76. The lowest BCUT2D eigenvalue weighted by Crippen LogP contribution is -2.24. The molecular weight excluding hydrogens is 416 g/mol. The van der Waals surface area contributed by atoms with E-state index >= 15 is 0 Å². The molecule has 0 bridgehead atoms. The third-order valence-electron chi connectivity index (χ3n) is 4.74. The second kappa shape index (κ2) is 9.29. The SMILES string of the molecule is Cc1ccc(-c2nsc(Oc3cc(C)c(N=CN(C)C(C)C)cc3Cl)c2C#N)cc1. The standard InChI is InChI=1S/C23H23ClN4OS/c1-14(2)28(5)13-26-20-11-19(24)21(10-16(20)4)29-23-18(12-25)22(27-30-23)17-8-6-15(3)7-9-17/h6-11,13-14H,1-5H3. The second-order valence-corrected chi connectivity index (χ2v) is 8.49. The molecule has 0 saturated heterocycles. The van der Waals surface area contributed by atoms with Crippen molar-refractivity contribution < 1.29 is 4.74 Å². The lowest BCUT2D eigenvalue weighted by atomic mass is 10.1. The van der Waals surface area contributed by atoms with Crippen LogP contribution in [0, 0.1) is 25.2 Å². The van der Waals surface area contributed by atoms with Gasteiger partial charge < -0.3 is 9.64 Å². The lowest BCUT2D eigenvalue weighted by molar-refractivity contribution is 0.429. The Morgan fingerprint density at radius 3 is 2.57 bits per heavy atom. The molecule has 0 aliphatic heterocycles. The van der Waals surface area contributed by atoms with Crippen molar-refractivity contribution in [2.75, 3.05) is 7.05 Å². The van der Waals surface area contributed by atoms with Crippen LogP contribution >= 0.6 is 23.1 Å². The highest BCUT2D eigenvalue weighted by Gasteiger charge is 2.19. The van der Waals surface area contributed by atoms with Gasteiger partial charge in [0.05, 0.1) is 17.0 Å². The summed E-state index contributed by atoms with van der Waals surface area (Å²) in [5, 5.41) is 10.5. The van der Waals surface area contributed by atoms with Gasteiger partial charge in [-0.15, -0.1) is 0 Å². The first-order valence-electron chi connectivity index (χ1n) is 9.51. The number of hydrogen-bond donors (Lipinski definition) is 0. The average molecular weight is 439 g/mol. The van der Waals surface area contributed by atoms with Crippen molar-refractivity contribution in [1.82, 2.24) is 9.27 Å². The Hall–Kier alpha value is -2.88. The molecule has 1 heterocycles. The molecule has 0 N–H and O–H groups in total. The molecule has 2 aromatic carbocycles. The number of nitrogens with zero attached hydrogens (tertiary/aromatic N) is 4. The van der Waals surface area contributed by atoms with Crippen LogP contribution in [0.25, 0.3) is 11.3 Å². The average Bonchev–Trinajstić information content (AvgIpc) is 3.12. The Bertz CT molecular complexity index is 1110. The molecule has 3 aromatic rings. The van der Waals surface area contributed by atoms with Gasteiger partial charge in [0.1, 0.15) is 23.1 Å². The molecule has 30 heavy (non-hydrogen) atoms. The summed E-state index contributed by atoms with van der Waals surface area (Å²) in [4.78, 5) is 6.53. The summed E-state index contributed by atoms with van der Waals surface area (Å²) in [5.74, 6) is 0.473. The molecular formula is C23H23ClN4OS. The first kappa shape index (κ1) is 21.8. The molecule has 0 radical (unpaired) electrons. The van der Waals surface area contributed by atoms with Crippen LogP contribution in [0.1, 0.15) is 30.5 Å². The zero-order valence-electron chi connectivity index (χ0n) is 17.6. The quantitative estimate of drug-likeness (QED) is 0.315. The van der Waals surface area contributed by atoms with E-state index in [2.05, 4.69) is 29.3 Å². The van der Waals surface area contributed by atoms with Gasteiger partial charge in [-0.3, -0.25) is 0 Å². The fourth-order valence-corrected chi connectivity index (χ4v) is 3.53. The number of aromatic nitrogens is 1. The molecule has 0 fully saturated rings. The largest absolute Gasteiger partial charge is 0.442 e. The molecule has 5 nitrogen and oxygen atoms in total. The molecule has 0 amide bonds. The smallest absolute Gasteiger partial charge is 0.218 e. The van der Waals surface area contributed by atoms with Gasteiger partial charge in [0.2, 0.25) is 5.06 Å². The van der Waals surface area contributed by atoms with E-state index < -0.39 is 0 Å². The summed E-state index contributed by atoms with van der Waals surface area (Å²) in [6, 6.07) is 14.1. The third kappa shape index (κ3) is 4.81. The predicted molar refractivity (Wildman–Crippen MR) is 124 cm³/mol. The summed E-state index contributed by atoms with van der Waals surface area (Å²) in [6.07, 6.45) is 1.79. The number of hydrogen-bond acceptors (Lipinski definition) is 5. The summed E-state index contributed by atoms with van der Waals surface area (Å²) >= 11 is 7.60. The molecule has 0 spiro atoms. The molecule has 0 atom stereocenters. The monoisotopic (exact) mass is 438 g/mol. The minimum atomic E-state index is 0.352. The van der Waals surface area contributed by atoms with E-state index in [1.54, 1.807) is 12.4 Å². The first-order chi connectivity index (χ1) is 14.3. The van der Waals surface area contributed by atoms with Gasteiger partial charge in [-0.1, -0.05) is 41.4 Å². The number of halogens is 1. The van der Waals surface area contributed by atoms with Crippen molar-refractivity contribution in [3.05, 3.63) is 58.1 Å². The number of aliphatic imine (C=N–C) groups is 1. The van der Waals surface area contributed by atoms with E-state index in [0.29, 0.717) is 33.1 Å². The molecule has 7 heteroatoms. The zero-order valence-corrected chi connectivity index (χ0v) is 19.2. The number of benzene rings is 2. The van der Waals surface area contributed by atoms with Crippen LogP contribution in [0.4, 0.5) is 5.69 Å². The van der Waals surface area contributed by atoms with E-state index in [1.165, 1.54) is 0 Å². The molecule has 0 aliphatic rings. The van der Waals surface area contributed by atoms with Crippen LogP contribution in [0.3, 0.4) is 0 Å². The van der Waals surface area contributed by atoms with Crippen LogP contribution < -0.4 is 4.74 Å². The van der Waals surface area contributed by atoms with Gasteiger partial charge in [-0.05, 0) is 45.4 Å². The van der Waals surface area contributed by atoms with Crippen LogP contribution in [0.5, 0.6) is 10.8 Å². The van der Waals surface area contributed by atoms with Gasteiger partial charge in [0.25, 0.3) is 0 Å². The van der Waals surface area contributed by atoms with E-state index in [-0.39, 0.29) is 0 Å². The van der Waals surface area contributed by atoms with Gasteiger partial charge in [0.15, 0.2) is 0 Å². The van der Waals surface area contributed by atoms with Gasteiger partial charge in [0, 0.05) is 30.2 Å². The molecule has 1 aromatic heterocycles. The summed E-state index contributed by atoms with van der Waals surface area (Å²) < 4.78 is 10.4. The summed E-state index contributed by atoms with van der Waals surface area (Å²) in [6.45, 7) is 8.15. The van der Waals surface area contributed by atoms with Crippen LogP contribution in [0.15, 0.2) is 41.4 Å². The number of nitriles is 1. The lowest BCUT2D eigenvalue weighted by Gasteiger charge is -2.17. The third-order valence-corrected chi connectivity index (χ3v) is 5.77. The summed E-state index contributed by atoms with van der Waals surface area (Å²) in [7, 11) is 1.97. The van der Waals surface area contributed by atoms with Crippen molar-refractivity contribution in [3.63, 3.8) is 0 Å². The van der Waals surface area contributed by atoms with Gasteiger partial charge >= 0.3 is 0 Å². The maximum atomic E-state index is 9.70. The number of ether oxygens (including phenoxy) is 1. The molecule has 3 rings (SSSR count). The Balaban J connectivity index is 1.89. The number of rotatable bonds is 6. The van der Waals surface area contributed by atoms with Crippen LogP contribution in [0.2, 0.25) is 5.02 Å². The minimum Gasteiger partial charge on any atom is -0.442 e. The topological polar surface area (TPSA) is 61.5 Å².